The Morgan fingerprint density at radius 1 is 1.14 bits per heavy atom. The van der Waals surface area contributed by atoms with Crippen molar-refractivity contribution in [2.24, 2.45) is 5.73 Å². The monoisotopic (exact) mass is 297 g/mol. The predicted octanol–water partition coefficient (Wildman–Crippen LogP) is 0.679. The van der Waals surface area contributed by atoms with Gasteiger partial charge in [0.05, 0.1) is 5.60 Å². The maximum absolute atomic E-state index is 6.17. The lowest BCUT2D eigenvalue weighted by Gasteiger charge is -2.48. The first-order valence-corrected chi connectivity index (χ1v) is 8.62. The minimum absolute atomic E-state index is 0.114. The number of hydrogen-bond donors (Lipinski definition) is 1. The van der Waals surface area contributed by atoms with Crippen molar-refractivity contribution in [1.29, 1.82) is 0 Å². The van der Waals surface area contributed by atoms with E-state index in [1.165, 1.54) is 25.9 Å². The molecule has 3 aliphatic rings. The molecule has 3 saturated heterocycles. The normalized spacial score (nSPS) is 33.1. The van der Waals surface area contributed by atoms with Gasteiger partial charge in [0.2, 0.25) is 0 Å². The van der Waals surface area contributed by atoms with Crippen molar-refractivity contribution in [1.82, 2.24) is 9.80 Å². The maximum atomic E-state index is 6.17. The van der Waals surface area contributed by atoms with Gasteiger partial charge in [-0.1, -0.05) is 0 Å². The third kappa shape index (κ3) is 3.59. The molecule has 0 aliphatic carbocycles. The SMILES string of the molecule is CC(CN)N1CCN(C2CCOC3(CCOCC3)C2)CC1. The standard InChI is InChI=1S/C16H31N3O2/c1-14(13-17)18-5-7-19(8-6-18)15-2-9-21-16(12-15)3-10-20-11-4-16/h14-15H,2-13,17H2,1H3. The van der Waals surface area contributed by atoms with E-state index in [0.29, 0.717) is 12.1 Å². The molecule has 0 aromatic heterocycles. The summed E-state index contributed by atoms with van der Waals surface area (Å²) < 4.78 is 11.7. The average molecular weight is 297 g/mol. The second-order valence-corrected chi connectivity index (χ2v) is 6.95. The van der Waals surface area contributed by atoms with E-state index < -0.39 is 0 Å². The molecular weight excluding hydrogens is 266 g/mol. The summed E-state index contributed by atoms with van der Waals surface area (Å²) in [5.74, 6) is 0. The lowest BCUT2D eigenvalue weighted by molar-refractivity contribution is -0.153. The smallest absolute Gasteiger partial charge is 0.0741 e. The zero-order chi connectivity index (χ0) is 14.7. The fourth-order valence-corrected chi connectivity index (χ4v) is 4.10. The highest BCUT2D eigenvalue weighted by molar-refractivity contribution is 4.93. The van der Waals surface area contributed by atoms with E-state index in [2.05, 4.69) is 16.7 Å². The third-order valence-corrected chi connectivity index (χ3v) is 5.70. The molecule has 2 atom stereocenters. The topological polar surface area (TPSA) is 51.0 Å². The van der Waals surface area contributed by atoms with Crippen LogP contribution in [0.15, 0.2) is 0 Å². The van der Waals surface area contributed by atoms with Crippen LogP contribution in [0.5, 0.6) is 0 Å². The van der Waals surface area contributed by atoms with Crippen molar-refractivity contribution in [3.63, 3.8) is 0 Å². The van der Waals surface area contributed by atoms with Gasteiger partial charge in [0.1, 0.15) is 0 Å². The van der Waals surface area contributed by atoms with Crippen molar-refractivity contribution in [2.75, 3.05) is 52.5 Å². The highest BCUT2D eigenvalue weighted by Crippen LogP contribution is 2.36. The maximum Gasteiger partial charge on any atom is 0.0741 e. The van der Waals surface area contributed by atoms with Gasteiger partial charge in [0.25, 0.3) is 0 Å². The number of nitrogens with two attached hydrogens (primary N) is 1. The quantitative estimate of drug-likeness (QED) is 0.830. The highest BCUT2D eigenvalue weighted by atomic mass is 16.5. The van der Waals surface area contributed by atoms with Gasteiger partial charge in [-0.05, 0) is 32.6 Å². The van der Waals surface area contributed by atoms with E-state index >= 15 is 0 Å². The van der Waals surface area contributed by atoms with E-state index in [1.54, 1.807) is 0 Å². The van der Waals surface area contributed by atoms with E-state index in [9.17, 15) is 0 Å². The summed E-state index contributed by atoms with van der Waals surface area (Å²) in [6, 6.07) is 1.22. The molecule has 0 radical (unpaired) electrons. The zero-order valence-electron chi connectivity index (χ0n) is 13.4. The van der Waals surface area contributed by atoms with Crippen LogP contribution in [-0.4, -0.2) is 80.0 Å². The molecule has 0 bridgehead atoms. The average Bonchev–Trinajstić information content (AvgIpc) is 2.55. The number of nitrogens with zero attached hydrogens (tertiary/aromatic N) is 2. The lowest BCUT2D eigenvalue weighted by Crippen LogP contribution is -2.57. The summed E-state index contributed by atoms with van der Waals surface area (Å²) in [6.45, 7) is 10.3. The molecular formula is C16H31N3O2. The van der Waals surface area contributed by atoms with Crippen LogP contribution in [0.2, 0.25) is 0 Å². The Kier molecular flexibility index (Phi) is 5.17. The number of piperazine rings is 1. The third-order valence-electron chi connectivity index (χ3n) is 5.70. The van der Waals surface area contributed by atoms with E-state index in [0.717, 1.165) is 52.3 Å². The molecule has 5 heteroatoms. The molecule has 3 rings (SSSR count). The van der Waals surface area contributed by atoms with E-state index in [-0.39, 0.29) is 5.60 Å². The van der Waals surface area contributed by atoms with Crippen molar-refractivity contribution >= 4 is 0 Å². The van der Waals surface area contributed by atoms with Crippen LogP contribution in [-0.2, 0) is 9.47 Å². The van der Waals surface area contributed by atoms with Gasteiger partial charge in [-0.15, -0.1) is 0 Å². The first-order valence-electron chi connectivity index (χ1n) is 8.62. The van der Waals surface area contributed by atoms with Gasteiger partial charge in [-0.25, -0.2) is 0 Å². The summed E-state index contributed by atoms with van der Waals surface area (Å²) >= 11 is 0. The summed E-state index contributed by atoms with van der Waals surface area (Å²) in [5, 5.41) is 0. The van der Waals surface area contributed by atoms with Gasteiger partial charge < -0.3 is 15.2 Å². The highest BCUT2D eigenvalue weighted by Gasteiger charge is 2.41. The Labute approximate surface area is 128 Å². The molecule has 0 saturated carbocycles. The Morgan fingerprint density at radius 3 is 2.52 bits per heavy atom. The molecule has 0 aromatic carbocycles. The van der Waals surface area contributed by atoms with Crippen LogP contribution in [0, 0.1) is 0 Å². The second-order valence-electron chi connectivity index (χ2n) is 6.95. The van der Waals surface area contributed by atoms with Crippen molar-refractivity contribution in [3.8, 4) is 0 Å². The molecule has 0 amide bonds. The summed E-state index contributed by atoms with van der Waals surface area (Å²) in [7, 11) is 0. The zero-order valence-corrected chi connectivity index (χ0v) is 13.4. The van der Waals surface area contributed by atoms with Crippen LogP contribution in [0.25, 0.3) is 0 Å². The predicted molar refractivity (Wildman–Crippen MR) is 83.4 cm³/mol. The lowest BCUT2D eigenvalue weighted by atomic mass is 9.83. The van der Waals surface area contributed by atoms with E-state index in [4.69, 9.17) is 15.2 Å². The first-order chi connectivity index (χ1) is 10.2. The Morgan fingerprint density at radius 2 is 1.86 bits per heavy atom. The van der Waals surface area contributed by atoms with Crippen molar-refractivity contribution in [3.05, 3.63) is 0 Å². The molecule has 1 spiro atoms. The minimum atomic E-state index is 0.114. The number of ether oxygens (including phenoxy) is 2. The van der Waals surface area contributed by atoms with Gasteiger partial charge in [0.15, 0.2) is 0 Å². The summed E-state index contributed by atoms with van der Waals surface area (Å²) in [5.41, 5.74) is 5.90. The Hall–Kier alpha value is -0.200. The number of hydrogen-bond acceptors (Lipinski definition) is 5. The fourth-order valence-electron chi connectivity index (χ4n) is 4.10. The van der Waals surface area contributed by atoms with Crippen molar-refractivity contribution < 1.29 is 9.47 Å². The van der Waals surface area contributed by atoms with Crippen LogP contribution in [0.1, 0.15) is 32.6 Å². The van der Waals surface area contributed by atoms with Gasteiger partial charge in [-0.3, -0.25) is 9.80 Å². The molecule has 2 unspecified atom stereocenters. The fraction of sp³-hybridized carbons (Fsp3) is 1.00. The molecule has 3 heterocycles. The molecule has 122 valence electrons. The largest absolute Gasteiger partial charge is 0.381 e. The number of rotatable bonds is 3. The van der Waals surface area contributed by atoms with Gasteiger partial charge >= 0.3 is 0 Å². The van der Waals surface area contributed by atoms with Crippen molar-refractivity contribution in [2.45, 2.75) is 50.3 Å². The molecule has 5 nitrogen and oxygen atoms in total. The Balaban J connectivity index is 1.53. The summed E-state index contributed by atoms with van der Waals surface area (Å²) in [6.07, 6.45) is 4.54. The minimum Gasteiger partial charge on any atom is -0.381 e. The Bertz CT molecular complexity index is 320. The van der Waals surface area contributed by atoms with E-state index in [1.807, 2.05) is 0 Å². The molecule has 0 aromatic rings. The molecule has 21 heavy (non-hydrogen) atoms. The first kappa shape index (κ1) is 15.7. The molecule has 3 fully saturated rings. The van der Waals surface area contributed by atoms with Crippen LogP contribution in [0.3, 0.4) is 0 Å². The van der Waals surface area contributed by atoms with Crippen LogP contribution < -0.4 is 5.73 Å². The second kappa shape index (κ2) is 6.92. The molecule has 3 aliphatic heterocycles. The van der Waals surface area contributed by atoms with Gasteiger partial charge in [-0.2, -0.15) is 0 Å². The summed E-state index contributed by atoms with van der Waals surface area (Å²) in [4.78, 5) is 5.22. The molecule has 2 N–H and O–H groups in total. The van der Waals surface area contributed by atoms with Crippen LogP contribution in [0.4, 0.5) is 0 Å². The van der Waals surface area contributed by atoms with Crippen LogP contribution >= 0.6 is 0 Å². The van der Waals surface area contributed by atoms with Gasteiger partial charge in [0, 0.05) is 64.6 Å².